The summed E-state index contributed by atoms with van der Waals surface area (Å²) >= 11 is 0. The summed E-state index contributed by atoms with van der Waals surface area (Å²) < 4.78 is 5.32. The van der Waals surface area contributed by atoms with E-state index in [1.807, 2.05) is 36.4 Å². The summed E-state index contributed by atoms with van der Waals surface area (Å²) in [4.78, 5) is 4.46. The maximum absolute atomic E-state index is 5.67. The normalized spacial score (nSPS) is 10.7. The van der Waals surface area contributed by atoms with Crippen LogP contribution in [-0.4, -0.2) is 10.1 Å². The second kappa shape index (κ2) is 5.79. The van der Waals surface area contributed by atoms with E-state index in [-0.39, 0.29) is 0 Å². The molecule has 106 valence electrons. The van der Waals surface area contributed by atoms with Gasteiger partial charge in [0.2, 0.25) is 5.89 Å². The van der Waals surface area contributed by atoms with Crippen molar-refractivity contribution in [3.05, 3.63) is 76.9 Å². The average Bonchev–Trinajstić information content (AvgIpc) is 2.91. The van der Waals surface area contributed by atoms with Crippen molar-refractivity contribution in [2.45, 2.75) is 19.8 Å². The summed E-state index contributed by atoms with van der Waals surface area (Å²) in [6.07, 6.45) is 1.32. The SMILES string of the molecule is Cc1ccccc1Cc1noc(Cc2ccc(N)cc2)n1. The van der Waals surface area contributed by atoms with Crippen molar-refractivity contribution < 1.29 is 4.52 Å². The Morgan fingerprint density at radius 2 is 1.76 bits per heavy atom. The third-order valence-electron chi connectivity index (χ3n) is 3.46. The van der Waals surface area contributed by atoms with Crippen molar-refractivity contribution in [2.24, 2.45) is 0 Å². The zero-order valence-electron chi connectivity index (χ0n) is 11.9. The molecular weight excluding hydrogens is 262 g/mol. The smallest absolute Gasteiger partial charge is 0.231 e. The first-order valence-electron chi connectivity index (χ1n) is 6.91. The van der Waals surface area contributed by atoms with Gasteiger partial charge in [-0.2, -0.15) is 4.98 Å². The number of rotatable bonds is 4. The zero-order valence-corrected chi connectivity index (χ0v) is 11.9. The lowest BCUT2D eigenvalue weighted by atomic mass is 10.1. The van der Waals surface area contributed by atoms with E-state index >= 15 is 0 Å². The van der Waals surface area contributed by atoms with E-state index in [0.717, 1.165) is 17.1 Å². The summed E-state index contributed by atoms with van der Waals surface area (Å²) in [6, 6.07) is 15.9. The van der Waals surface area contributed by atoms with E-state index in [1.165, 1.54) is 11.1 Å². The highest BCUT2D eigenvalue weighted by Gasteiger charge is 2.09. The third kappa shape index (κ3) is 3.28. The molecule has 0 aliphatic heterocycles. The van der Waals surface area contributed by atoms with E-state index in [1.54, 1.807) is 0 Å². The molecule has 21 heavy (non-hydrogen) atoms. The van der Waals surface area contributed by atoms with E-state index in [0.29, 0.717) is 18.7 Å². The van der Waals surface area contributed by atoms with Crippen LogP contribution in [0.3, 0.4) is 0 Å². The van der Waals surface area contributed by atoms with Gasteiger partial charge in [-0.15, -0.1) is 0 Å². The Balaban J connectivity index is 1.72. The standard InChI is InChI=1S/C17H17N3O/c1-12-4-2-3-5-14(12)11-16-19-17(21-20-16)10-13-6-8-15(18)9-7-13/h2-9H,10-11,18H2,1H3. The van der Waals surface area contributed by atoms with E-state index in [4.69, 9.17) is 10.3 Å². The molecule has 0 spiro atoms. The summed E-state index contributed by atoms with van der Waals surface area (Å²) in [6.45, 7) is 2.09. The van der Waals surface area contributed by atoms with Gasteiger partial charge < -0.3 is 10.3 Å². The highest BCUT2D eigenvalue weighted by atomic mass is 16.5. The summed E-state index contributed by atoms with van der Waals surface area (Å²) in [5, 5.41) is 4.06. The molecule has 0 saturated carbocycles. The van der Waals surface area contributed by atoms with Gasteiger partial charge >= 0.3 is 0 Å². The highest BCUT2D eigenvalue weighted by Crippen LogP contribution is 2.14. The van der Waals surface area contributed by atoms with Gasteiger partial charge in [0.25, 0.3) is 0 Å². The maximum atomic E-state index is 5.67. The fourth-order valence-electron chi connectivity index (χ4n) is 2.22. The van der Waals surface area contributed by atoms with Gasteiger partial charge in [-0.05, 0) is 35.7 Å². The molecule has 0 aliphatic carbocycles. The van der Waals surface area contributed by atoms with Gasteiger partial charge in [-0.25, -0.2) is 0 Å². The highest BCUT2D eigenvalue weighted by molar-refractivity contribution is 5.39. The molecular formula is C17H17N3O. The molecule has 1 heterocycles. The van der Waals surface area contributed by atoms with Crippen molar-refractivity contribution in [2.75, 3.05) is 5.73 Å². The molecule has 0 saturated heterocycles. The molecule has 0 atom stereocenters. The molecule has 0 radical (unpaired) electrons. The fourth-order valence-corrected chi connectivity index (χ4v) is 2.22. The van der Waals surface area contributed by atoms with Gasteiger partial charge in [0, 0.05) is 12.1 Å². The first-order valence-corrected chi connectivity index (χ1v) is 6.91. The molecule has 0 amide bonds. The lowest BCUT2D eigenvalue weighted by Gasteiger charge is -2.00. The predicted octanol–water partition coefficient (Wildman–Crippen LogP) is 3.14. The van der Waals surface area contributed by atoms with Crippen LogP contribution in [0.4, 0.5) is 5.69 Å². The summed E-state index contributed by atoms with van der Waals surface area (Å²) in [5.41, 5.74) is 9.99. The first kappa shape index (κ1) is 13.4. The van der Waals surface area contributed by atoms with Crippen LogP contribution in [0.1, 0.15) is 28.4 Å². The Hall–Kier alpha value is -2.62. The molecule has 2 N–H and O–H groups in total. The minimum Gasteiger partial charge on any atom is -0.399 e. The second-order valence-corrected chi connectivity index (χ2v) is 5.13. The van der Waals surface area contributed by atoms with Crippen LogP contribution in [0, 0.1) is 6.92 Å². The molecule has 0 aliphatic rings. The fraction of sp³-hybridized carbons (Fsp3) is 0.176. The second-order valence-electron chi connectivity index (χ2n) is 5.13. The largest absolute Gasteiger partial charge is 0.399 e. The first-order chi connectivity index (χ1) is 10.2. The Kier molecular flexibility index (Phi) is 3.69. The van der Waals surface area contributed by atoms with Gasteiger partial charge in [-0.1, -0.05) is 41.6 Å². The minimum atomic E-state index is 0.626. The molecule has 0 fully saturated rings. The molecule has 4 nitrogen and oxygen atoms in total. The molecule has 2 aromatic carbocycles. The van der Waals surface area contributed by atoms with E-state index in [9.17, 15) is 0 Å². The topological polar surface area (TPSA) is 64.9 Å². The predicted molar refractivity (Wildman–Crippen MR) is 81.9 cm³/mol. The number of hydrogen-bond acceptors (Lipinski definition) is 4. The third-order valence-corrected chi connectivity index (χ3v) is 3.46. The van der Waals surface area contributed by atoms with Gasteiger partial charge in [0.15, 0.2) is 5.82 Å². The van der Waals surface area contributed by atoms with Crippen LogP contribution in [-0.2, 0) is 12.8 Å². The Labute approximate surface area is 123 Å². The number of anilines is 1. The van der Waals surface area contributed by atoms with Crippen molar-refractivity contribution >= 4 is 5.69 Å². The van der Waals surface area contributed by atoms with E-state index in [2.05, 4.69) is 29.2 Å². The molecule has 1 aromatic heterocycles. The number of hydrogen-bond donors (Lipinski definition) is 1. The lowest BCUT2D eigenvalue weighted by molar-refractivity contribution is 0.380. The number of aryl methyl sites for hydroxylation is 1. The molecule has 3 aromatic rings. The van der Waals surface area contributed by atoms with E-state index < -0.39 is 0 Å². The number of aromatic nitrogens is 2. The Morgan fingerprint density at radius 3 is 2.52 bits per heavy atom. The van der Waals surface area contributed by atoms with Crippen molar-refractivity contribution in [3.63, 3.8) is 0 Å². The number of benzene rings is 2. The van der Waals surface area contributed by atoms with Crippen LogP contribution >= 0.6 is 0 Å². The summed E-state index contributed by atoms with van der Waals surface area (Å²) in [7, 11) is 0. The van der Waals surface area contributed by atoms with Crippen molar-refractivity contribution in [1.29, 1.82) is 0 Å². The molecule has 4 heteroatoms. The number of nitrogen functional groups attached to an aromatic ring is 1. The van der Waals surface area contributed by atoms with Crippen LogP contribution in [0.2, 0.25) is 0 Å². The Bertz CT molecular complexity index is 732. The van der Waals surface area contributed by atoms with Crippen LogP contribution < -0.4 is 5.73 Å². The van der Waals surface area contributed by atoms with Crippen molar-refractivity contribution in [3.8, 4) is 0 Å². The quantitative estimate of drug-likeness (QED) is 0.745. The van der Waals surface area contributed by atoms with Gasteiger partial charge in [0.1, 0.15) is 0 Å². The maximum Gasteiger partial charge on any atom is 0.231 e. The average molecular weight is 279 g/mol. The number of nitrogens with zero attached hydrogens (tertiary/aromatic N) is 2. The Morgan fingerprint density at radius 1 is 1.00 bits per heavy atom. The minimum absolute atomic E-state index is 0.626. The van der Waals surface area contributed by atoms with Crippen LogP contribution in [0.25, 0.3) is 0 Å². The van der Waals surface area contributed by atoms with Crippen molar-refractivity contribution in [1.82, 2.24) is 10.1 Å². The molecule has 0 unspecified atom stereocenters. The van der Waals surface area contributed by atoms with Gasteiger partial charge in [0.05, 0.1) is 6.42 Å². The molecule has 3 rings (SSSR count). The number of nitrogens with two attached hydrogens (primary N) is 1. The zero-order chi connectivity index (χ0) is 14.7. The summed E-state index contributed by atoms with van der Waals surface area (Å²) in [5.74, 6) is 1.35. The lowest BCUT2D eigenvalue weighted by Crippen LogP contribution is -1.94. The van der Waals surface area contributed by atoms with Crippen LogP contribution in [0.5, 0.6) is 0 Å². The van der Waals surface area contributed by atoms with Crippen LogP contribution in [0.15, 0.2) is 53.1 Å². The monoisotopic (exact) mass is 279 g/mol. The van der Waals surface area contributed by atoms with Gasteiger partial charge in [-0.3, -0.25) is 0 Å². The molecule has 0 bridgehead atoms.